The summed E-state index contributed by atoms with van der Waals surface area (Å²) >= 11 is 0. The van der Waals surface area contributed by atoms with Gasteiger partial charge in [0.2, 0.25) is 0 Å². The van der Waals surface area contributed by atoms with E-state index in [1.165, 1.54) is 11.1 Å². The van der Waals surface area contributed by atoms with Crippen molar-refractivity contribution in [3.63, 3.8) is 0 Å². The Hall–Kier alpha value is -2.99. The van der Waals surface area contributed by atoms with Crippen LogP contribution in [0, 0.1) is 0 Å². The van der Waals surface area contributed by atoms with E-state index in [0.29, 0.717) is 5.82 Å². The Bertz CT molecular complexity index is 1100. The van der Waals surface area contributed by atoms with Crippen LogP contribution in [-0.4, -0.2) is 31.0 Å². The number of para-hydroxylation sites is 2. The van der Waals surface area contributed by atoms with E-state index in [0.717, 1.165) is 61.8 Å². The molecular weight excluding hydrogens is 350 g/mol. The highest BCUT2D eigenvalue weighted by Gasteiger charge is 2.21. The van der Waals surface area contributed by atoms with Crippen LogP contribution in [0.15, 0.2) is 53.3 Å². The summed E-state index contributed by atoms with van der Waals surface area (Å²) in [5, 5.41) is 0. The number of aryl methyl sites for hydroxylation is 1. The minimum atomic E-state index is 0.668. The van der Waals surface area contributed by atoms with Gasteiger partial charge in [0.05, 0.1) is 29.5 Å². The number of furan rings is 1. The Morgan fingerprint density at radius 3 is 2.89 bits per heavy atom. The summed E-state index contributed by atoms with van der Waals surface area (Å²) in [5.41, 5.74) is 4.62. The lowest BCUT2D eigenvalue weighted by molar-refractivity contribution is 0.234. The molecule has 6 heteroatoms. The maximum atomic E-state index is 5.43. The minimum Gasteiger partial charge on any atom is -0.461 e. The molecule has 6 nitrogen and oxygen atoms in total. The first-order valence-electron chi connectivity index (χ1n) is 9.87. The van der Waals surface area contributed by atoms with E-state index in [2.05, 4.69) is 45.6 Å². The molecule has 0 saturated carbocycles. The predicted molar refractivity (Wildman–Crippen MR) is 108 cm³/mol. The lowest BCUT2D eigenvalue weighted by Crippen LogP contribution is -2.32. The molecule has 0 amide bonds. The van der Waals surface area contributed by atoms with Crippen molar-refractivity contribution in [2.45, 2.75) is 39.4 Å². The minimum absolute atomic E-state index is 0.668. The van der Waals surface area contributed by atoms with Crippen LogP contribution in [0.5, 0.6) is 0 Å². The zero-order valence-corrected chi connectivity index (χ0v) is 16.0. The van der Waals surface area contributed by atoms with E-state index < -0.39 is 0 Å². The van der Waals surface area contributed by atoms with Crippen molar-refractivity contribution in [1.82, 2.24) is 24.4 Å². The number of aromatic nitrogens is 4. The van der Waals surface area contributed by atoms with Gasteiger partial charge in [-0.05, 0) is 30.7 Å². The predicted octanol–water partition coefficient (Wildman–Crippen LogP) is 4.05. The molecule has 0 fully saturated rings. The zero-order chi connectivity index (χ0) is 18.9. The van der Waals surface area contributed by atoms with Crippen LogP contribution in [0.4, 0.5) is 0 Å². The van der Waals surface area contributed by atoms with Gasteiger partial charge in [-0.15, -0.1) is 0 Å². The summed E-state index contributed by atoms with van der Waals surface area (Å²) in [5.74, 6) is 2.53. The maximum Gasteiger partial charge on any atom is 0.195 e. The van der Waals surface area contributed by atoms with Crippen LogP contribution in [-0.2, 0) is 26.1 Å². The summed E-state index contributed by atoms with van der Waals surface area (Å²) < 4.78 is 7.79. The number of nitrogens with zero attached hydrogens (tertiary/aromatic N) is 5. The van der Waals surface area contributed by atoms with Gasteiger partial charge in [-0.2, -0.15) is 0 Å². The highest BCUT2D eigenvalue weighted by atomic mass is 16.3. The summed E-state index contributed by atoms with van der Waals surface area (Å²) in [7, 11) is 0. The molecule has 142 valence electrons. The number of fused-ring (bicyclic) bond motifs is 2. The first-order valence-corrected chi connectivity index (χ1v) is 9.87. The summed E-state index contributed by atoms with van der Waals surface area (Å²) in [4.78, 5) is 16.6. The van der Waals surface area contributed by atoms with E-state index in [4.69, 9.17) is 14.4 Å². The molecule has 1 aliphatic rings. The molecule has 0 unspecified atom stereocenters. The molecule has 1 aromatic carbocycles. The fourth-order valence-corrected chi connectivity index (χ4v) is 3.95. The molecular formula is C22H23N5O. The van der Waals surface area contributed by atoms with Crippen LogP contribution in [0.25, 0.3) is 22.6 Å². The second-order valence-corrected chi connectivity index (χ2v) is 7.27. The number of rotatable bonds is 5. The standard InChI is InChI=1S/C22H23N5O/c1-2-10-27-19-7-4-3-6-18(19)24-21(27)15-26-11-9-17-16(14-26)13-23-22(25-17)20-8-5-12-28-20/h3-8,12-13H,2,9-11,14-15H2,1H3. The van der Waals surface area contributed by atoms with Crippen molar-refractivity contribution in [1.29, 1.82) is 0 Å². The lowest BCUT2D eigenvalue weighted by atomic mass is 10.1. The van der Waals surface area contributed by atoms with Gasteiger partial charge in [-0.3, -0.25) is 4.90 Å². The van der Waals surface area contributed by atoms with Crippen molar-refractivity contribution < 1.29 is 4.42 Å². The van der Waals surface area contributed by atoms with Gasteiger partial charge >= 0.3 is 0 Å². The van der Waals surface area contributed by atoms with Gasteiger partial charge < -0.3 is 8.98 Å². The summed E-state index contributed by atoms with van der Waals surface area (Å²) in [6, 6.07) is 12.2. The maximum absolute atomic E-state index is 5.43. The normalized spacial score (nSPS) is 14.5. The second-order valence-electron chi connectivity index (χ2n) is 7.27. The molecule has 4 aromatic rings. The van der Waals surface area contributed by atoms with Gasteiger partial charge in [0.1, 0.15) is 5.82 Å². The fraction of sp³-hybridized carbons (Fsp3) is 0.318. The van der Waals surface area contributed by atoms with Gasteiger partial charge in [-0.25, -0.2) is 15.0 Å². The Kier molecular flexibility index (Phi) is 4.41. The molecule has 0 N–H and O–H groups in total. The zero-order valence-electron chi connectivity index (χ0n) is 16.0. The van der Waals surface area contributed by atoms with Gasteiger partial charge in [-0.1, -0.05) is 19.1 Å². The lowest BCUT2D eigenvalue weighted by Gasteiger charge is -2.27. The molecule has 0 atom stereocenters. The number of hydrogen-bond donors (Lipinski definition) is 0. The van der Waals surface area contributed by atoms with Crippen LogP contribution in [0.3, 0.4) is 0 Å². The van der Waals surface area contributed by atoms with Crippen molar-refractivity contribution in [2.75, 3.05) is 6.54 Å². The molecule has 0 radical (unpaired) electrons. The van der Waals surface area contributed by atoms with Crippen LogP contribution in [0.2, 0.25) is 0 Å². The second kappa shape index (κ2) is 7.20. The quantitative estimate of drug-likeness (QED) is 0.528. The van der Waals surface area contributed by atoms with Gasteiger partial charge in [0, 0.05) is 37.8 Å². The van der Waals surface area contributed by atoms with Crippen LogP contribution in [0.1, 0.15) is 30.4 Å². The van der Waals surface area contributed by atoms with E-state index in [9.17, 15) is 0 Å². The topological polar surface area (TPSA) is 60.0 Å². The third-order valence-corrected chi connectivity index (χ3v) is 5.30. The van der Waals surface area contributed by atoms with Gasteiger partial charge in [0.15, 0.2) is 11.6 Å². The number of imidazole rings is 1. The molecule has 0 aliphatic carbocycles. The Morgan fingerprint density at radius 1 is 1.11 bits per heavy atom. The SMILES string of the molecule is CCCn1c(CN2CCc3nc(-c4ccco4)ncc3C2)nc2ccccc21. The summed E-state index contributed by atoms with van der Waals surface area (Å²) in [6.07, 6.45) is 5.61. The van der Waals surface area contributed by atoms with E-state index >= 15 is 0 Å². The first-order chi connectivity index (χ1) is 13.8. The molecule has 4 heterocycles. The third kappa shape index (κ3) is 3.10. The Morgan fingerprint density at radius 2 is 2.04 bits per heavy atom. The molecule has 0 saturated heterocycles. The molecule has 3 aromatic heterocycles. The number of hydrogen-bond acceptors (Lipinski definition) is 5. The molecule has 28 heavy (non-hydrogen) atoms. The Balaban J connectivity index is 1.38. The van der Waals surface area contributed by atoms with Crippen LogP contribution >= 0.6 is 0 Å². The summed E-state index contributed by atoms with van der Waals surface area (Å²) in [6.45, 7) is 5.87. The van der Waals surface area contributed by atoms with Crippen LogP contribution < -0.4 is 0 Å². The average Bonchev–Trinajstić information content (AvgIpc) is 3.37. The average molecular weight is 373 g/mol. The van der Waals surface area contributed by atoms with E-state index in [1.807, 2.05) is 18.3 Å². The molecule has 0 spiro atoms. The van der Waals surface area contributed by atoms with E-state index in [1.54, 1.807) is 6.26 Å². The highest BCUT2D eigenvalue weighted by Crippen LogP contribution is 2.24. The van der Waals surface area contributed by atoms with Crippen molar-refractivity contribution >= 4 is 11.0 Å². The van der Waals surface area contributed by atoms with Crippen molar-refractivity contribution in [3.05, 3.63) is 65.9 Å². The van der Waals surface area contributed by atoms with Crippen molar-refractivity contribution in [2.24, 2.45) is 0 Å². The van der Waals surface area contributed by atoms with Gasteiger partial charge in [0.25, 0.3) is 0 Å². The molecule has 5 rings (SSSR count). The smallest absolute Gasteiger partial charge is 0.195 e. The number of benzene rings is 1. The third-order valence-electron chi connectivity index (χ3n) is 5.30. The van der Waals surface area contributed by atoms with Crippen molar-refractivity contribution in [3.8, 4) is 11.6 Å². The largest absolute Gasteiger partial charge is 0.461 e. The monoisotopic (exact) mass is 373 g/mol. The first kappa shape index (κ1) is 17.1. The molecule has 0 bridgehead atoms. The van der Waals surface area contributed by atoms with E-state index in [-0.39, 0.29) is 0 Å². The Labute approximate surface area is 163 Å². The molecule has 1 aliphatic heterocycles. The fourth-order valence-electron chi connectivity index (χ4n) is 3.95. The highest BCUT2D eigenvalue weighted by molar-refractivity contribution is 5.75.